The largest absolute Gasteiger partial charge is 0.361 e. The van der Waals surface area contributed by atoms with Crippen LogP contribution >= 0.6 is 34.8 Å². The topological polar surface area (TPSA) is 26.3 Å². The first-order valence-electron chi connectivity index (χ1n) is 3.43. The molecule has 0 unspecified atom stereocenters. The molecule has 2 rings (SSSR count). The summed E-state index contributed by atoms with van der Waals surface area (Å²) < 4.78 is 3.75. The molecule has 2 bridgehead atoms. The lowest BCUT2D eigenvalue weighted by Gasteiger charge is -2.33. The van der Waals surface area contributed by atoms with Crippen LogP contribution in [0.5, 0.6) is 0 Å². The monoisotopic (exact) mass is 226 g/mol. The van der Waals surface area contributed by atoms with Gasteiger partial charge in [-0.3, -0.25) is 4.79 Å². The van der Waals surface area contributed by atoms with Gasteiger partial charge in [0.1, 0.15) is 17.6 Å². The molecule has 0 aromatic carbocycles. The Bertz CT molecular complexity index is 261. The third-order valence-electron chi connectivity index (χ3n) is 2.00. The summed E-state index contributed by atoms with van der Waals surface area (Å²) in [6.07, 6.45) is 2.47. The molecule has 1 saturated heterocycles. The fourth-order valence-electron chi connectivity index (χ4n) is 1.32. The van der Waals surface area contributed by atoms with Crippen molar-refractivity contribution in [2.75, 3.05) is 0 Å². The zero-order valence-corrected chi connectivity index (χ0v) is 8.10. The summed E-state index contributed by atoms with van der Waals surface area (Å²) in [6, 6.07) is 0. The maximum Gasteiger partial charge on any atom is 0.206 e. The molecule has 1 fully saturated rings. The Morgan fingerprint density at radius 1 is 1.42 bits per heavy atom. The van der Waals surface area contributed by atoms with Crippen LogP contribution < -0.4 is 0 Å². The first-order chi connectivity index (χ1) is 5.53. The molecule has 2 aliphatic heterocycles. The predicted molar refractivity (Wildman–Crippen MR) is 46.9 cm³/mol. The number of hydrogen-bond donors (Lipinski definition) is 0. The van der Waals surface area contributed by atoms with Gasteiger partial charge in [0.15, 0.2) is 5.78 Å². The van der Waals surface area contributed by atoms with Crippen LogP contribution in [0.4, 0.5) is 0 Å². The Morgan fingerprint density at radius 2 is 2.08 bits per heavy atom. The van der Waals surface area contributed by atoms with Crippen molar-refractivity contribution < 1.29 is 9.53 Å². The lowest BCUT2D eigenvalue weighted by Crippen LogP contribution is -2.51. The van der Waals surface area contributed by atoms with Crippen LogP contribution in [0.25, 0.3) is 0 Å². The molecule has 0 aliphatic carbocycles. The molecule has 0 aromatic rings. The lowest BCUT2D eigenvalue weighted by molar-refractivity contribution is -0.129. The number of ether oxygens (including phenoxy) is 1. The van der Waals surface area contributed by atoms with Gasteiger partial charge in [-0.2, -0.15) is 0 Å². The average molecular weight is 227 g/mol. The highest BCUT2D eigenvalue weighted by molar-refractivity contribution is 6.61. The van der Waals surface area contributed by atoms with E-state index in [0.717, 1.165) is 0 Å². The first-order valence-corrected chi connectivity index (χ1v) is 4.62. The lowest BCUT2D eigenvalue weighted by atomic mass is 10.1. The summed E-state index contributed by atoms with van der Waals surface area (Å²) >= 11 is 17.3. The van der Waals surface area contributed by atoms with Crippen LogP contribution in [-0.4, -0.2) is 27.7 Å². The third-order valence-corrected chi connectivity index (χ3v) is 3.25. The molecular formula is C7H5Cl3O2. The van der Waals surface area contributed by atoms with E-state index in [2.05, 4.69) is 0 Å². The number of rotatable bonds is 0. The molecule has 2 aliphatic rings. The Balaban J connectivity index is 2.38. The number of alkyl halides is 3. The maximum absolute atomic E-state index is 11.4. The smallest absolute Gasteiger partial charge is 0.206 e. The Hall–Kier alpha value is 0.240. The number of carbonyl (C=O) groups excluding carboxylic acids is 1. The van der Waals surface area contributed by atoms with Gasteiger partial charge in [0.05, 0.1) is 0 Å². The number of fused-ring (bicyclic) bond motifs is 2. The third kappa shape index (κ3) is 1.02. The average Bonchev–Trinajstić information content (AvgIpc) is 2.46. The molecule has 2 heterocycles. The van der Waals surface area contributed by atoms with Gasteiger partial charge in [0.2, 0.25) is 4.33 Å². The molecule has 0 aromatic heterocycles. The minimum absolute atomic E-state index is 0.366. The fourth-order valence-corrected chi connectivity index (χ4v) is 2.23. The van der Waals surface area contributed by atoms with E-state index in [-0.39, 0.29) is 11.9 Å². The molecule has 2 nitrogen and oxygen atoms in total. The van der Waals surface area contributed by atoms with Crippen molar-refractivity contribution in [1.29, 1.82) is 0 Å². The normalized spacial score (nSPS) is 43.6. The molecule has 3 atom stereocenters. The standard InChI is InChI=1S/C7H5Cl3O2/c8-5-3-1-2-4(12-3)7(9,10)6(5)11/h1-5H/t3-,4+,5+/m1/s1. The molecule has 66 valence electrons. The van der Waals surface area contributed by atoms with Crippen LogP contribution in [0, 0.1) is 0 Å². The molecular weight excluding hydrogens is 222 g/mol. The summed E-state index contributed by atoms with van der Waals surface area (Å²) in [7, 11) is 0. The molecule has 0 radical (unpaired) electrons. The second kappa shape index (κ2) is 2.61. The first kappa shape index (κ1) is 8.82. The number of hydrogen-bond acceptors (Lipinski definition) is 2. The Labute approximate surface area is 84.4 Å². The van der Waals surface area contributed by atoms with Crippen molar-refractivity contribution in [2.45, 2.75) is 21.9 Å². The number of carbonyl (C=O) groups is 1. The van der Waals surface area contributed by atoms with Crippen LogP contribution in [0.15, 0.2) is 12.2 Å². The van der Waals surface area contributed by atoms with Crippen LogP contribution in [-0.2, 0) is 9.53 Å². The van der Waals surface area contributed by atoms with E-state index in [0.29, 0.717) is 0 Å². The van der Waals surface area contributed by atoms with Crippen LogP contribution in [0.1, 0.15) is 0 Å². The second-order valence-electron chi connectivity index (χ2n) is 2.80. The van der Waals surface area contributed by atoms with Gasteiger partial charge in [0.25, 0.3) is 0 Å². The van der Waals surface area contributed by atoms with Gasteiger partial charge >= 0.3 is 0 Å². The SMILES string of the molecule is O=C1[C@@H](Cl)[C@H]2C=C[C@H](O2)C1(Cl)Cl. The number of Topliss-reactive ketones (excluding diaryl/α,β-unsaturated/α-hetero) is 1. The minimum atomic E-state index is -1.52. The summed E-state index contributed by atoms with van der Waals surface area (Å²) in [6.45, 7) is 0. The zero-order chi connectivity index (χ0) is 8.93. The molecule has 0 saturated carbocycles. The molecule has 0 amide bonds. The van der Waals surface area contributed by atoms with Crippen molar-refractivity contribution in [3.8, 4) is 0 Å². The van der Waals surface area contributed by atoms with E-state index in [9.17, 15) is 4.79 Å². The maximum atomic E-state index is 11.4. The molecule has 0 N–H and O–H groups in total. The second-order valence-corrected chi connectivity index (χ2v) is 4.65. The van der Waals surface area contributed by atoms with E-state index < -0.39 is 15.8 Å². The van der Waals surface area contributed by atoms with Gasteiger partial charge in [-0.1, -0.05) is 35.4 Å². The van der Waals surface area contributed by atoms with Gasteiger partial charge in [0, 0.05) is 0 Å². The van der Waals surface area contributed by atoms with Crippen molar-refractivity contribution in [1.82, 2.24) is 0 Å². The van der Waals surface area contributed by atoms with Crippen LogP contribution in [0.3, 0.4) is 0 Å². The van der Waals surface area contributed by atoms with E-state index >= 15 is 0 Å². The highest BCUT2D eigenvalue weighted by Gasteiger charge is 2.54. The molecule has 12 heavy (non-hydrogen) atoms. The summed E-state index contributed by atoms with van der Waals surface area (Å²) in [4.78, 5) is 11.4. The van der Waals surface area contributed by atoms with Crippen LogP contribution in [0.2, 0.25) is 0 Å². The van der Waals surface area contributed by atoms with Gasteiger partial charge in [-0.25, -0.2) is 0 Å². The predicted octanol–water partition coefficient (Wildman–Crippen LogP) is 1.67. The van der Waals surface area contributed by atoms with E-state index in [1.807, 2.05) is 0 Å². The number of ketones is 1. The van der Waals surface area contributed by atoms with Gasteiger partial charge in [-0.15, -0.1) is 11.6 Å². The van der Waals surface area contributed by atoms with Crippen molar-refractivity contribution in [2.24, 2.45) is 0 Å². The zero-order valence-electron chi connectivity index (χ0n) is 5.84. The number of halogens is 3. The quantitative estimate of drug-likeness (QED) is 0.465. The summed E-state index contributed by atoms with van der Waals surface area (Å²) in [5.74, 6) is -0.376. The van der Waals surface area contributed by atoms with Gasteiger partial charge < -0.3 is 4.74 Å². The Morgan fingerprint density at radius 3 is 2.75 bits per heavy atom. The minimum Gasteiger partial charge on any atom is -0.361 e. The van der Waals surface area contributed by atoms with Crippen molar-refractivity contribution in [3.05, 3.63) is 12.2 Å². The van der Waals surface area contributed by atoms with Crippen molar-refractivity contribution in [3.63, 3.8) is 0 Å². The fraction of sp³-hybridized carbons (Fsp3) is 0.571. The summed E-state index contributed by atoms with van der Waals surface area (Å²) in [5.41, 5.74) is 0. The summed E-state index contributed by atoms with van der Waals surface area (Å²) in [5, 5.41) is -0.769. The van der Waals surface area contributed by atoms with E-state index in [1.54, 1.807) is 12.2 Å². The van der Waals surface area contributed by atoms with E-state index in [4.69, 9.17) is 39.5 Å². The highest BCUT2D eigenvalue weighted by atomic mass is 35.5. The Kier molecular flexibility index (Phi) is 1.92. The molecule has 0 spiro atoms. The van der Waals surface area contributed by atoms with Crippen molar-refractivity contribution >= 4 is 40.6 Å². The highest BCUT2D eigenvalue weighted by Crippen LogP contribution is 2.41. The van der Waals surface area contributed by atoms with E-state index in [1.165, 1.54) is 0 Å². The van der Waals surface area contributed by atoms with Gasteiger partial charge in [-0.05, 0) is 0 Å². The molecule has 5 heteroatoms.